The van der Waals surface area contributed by atoms with Crippen molar-refractivity contribution in [2.24, 2.45) is 0 Å². The second kappa shape index (κ2) is 6.55. The molecule has 0 fully saturated rings. The minimum Gasteiger partial charge on any atom is -0.166 e. The monoisotopic (exact) mass is 372 g/mol. The Morgan fingerprint density at radius 1 is 0.600 bits per heavy atom. The first-order chi connectivity index (χ1) is 11.5. The topological polar surface area (TPSA) is 0 Å². The molecule has 0 bridgehead atoms. The highest BCUT2D eigenvalue weighted by Gasteiger charge is 2.35. The van der Waals surface area contributed by atoms with Gasteiger partial charge in [0.05, 0.1) is 11.1 Å². The van der Waals surface area contributed by atoms with Gasteiger partial charge >= 0.3 is 12.4 Å². The van der Waals surface area contributed by atoms with Gasteiger partial charge in [0, 0.05) is 0 Å². The summed E-state index contributed by atoms with van der Waals surface area (Å²) in [5.74, 6) is 0. The molecule has 0 radical (unpaired) electrons. The number of halogens is 6. The van der Waals surface area contributed by atoms with E-state index < -0.39 is 31.6 Å². The molecule has 0 heterocycles. The molecule has 0 aromatic heterocycles. The molecule has 0 amide bonds. The molecular formula is C18H14F6Si. The second-order valence-corrected chi connectivity index (χ2v) is 9.14. The maximum Gasteiger partial charge on any atom is 0.416 e. The summed E-state index contributed by atoms with van der Waals surface area (Å²) in [6, 6.07) is 9.13. The first-order valence-electron chi connectivity index (χ1n) is 7.17. The fourth-order valence-electron chi connectivity index (χ4n) is 2.59. The van der Waals surface area contributed by atoms with Crippen LogP contribution in [0.1, 0.15) is 11.1 Å². The van der Waals surface area contributed by atoms with Crippen molar-refractivity contribution in [1.29, 1.82) is 0 Å². The summed E-state index contributed by atoms with van der Waals surface area (Å²) >= 11 is 0. The van der Waals surface area contributed by atoms with Crippen LogP contribution in [0.3, 0.4) is 0 Å². The van der Waals surface area contributed by atoms with Crippen LogP contribution in [0.5, 0.6) is 0 Å². The first-order valence-corrected chi connectivity index (χ1v) is 9.33. The molecule has 0 aliphatic heterocycles. The van der Waals surface area contributed by atoms with E-state index in [9.17, 15) is 26.3 Å². The molecule has 0 spiro atoms. The molecule has 2 rings (SSSR count). The van der Waals surface area contributed by atoms with Gasteiger partial charge in [0.15, 0.2) is 8.07 Å². The molecule has 2 aromatic rings. The number of rotatable bonds is 4. The minimum absolute atomic E-state index is 0.560. The fraction of sp³-hybridized carbons (Fsp3) is 0.111. The van der Waals surface area contributed by atoms with Crippen LogP contribution in [0.4, 0.5) is 26.3 Å². The van der Waals surface area contributed by atoms with Gasteiger partial charge in [0.25, 0.3) is 0 Å². The Morgan fingerprint density at radius 2 is 0.880 bits per heavy atom. The van der Waals surface area contributed by atoms with Crippen molar-refractivity contribution in [3.8, 4) is 0 Å². The van der Waals surface area contributed by atoms with E-state index in [0.29, 0.717) is 10.4 Å². The molecule has 0 saturated carbocycles. The second-order valence-electron chi connectivity index (χ2n) is 5.43. The lowest BCUT2D eigenvalue weighted by Crippen LogP contribution is -2.55. The summed E-state index contributed by atoms with van der Waals surface area (Å²) in [5, 5.41) is 1.12. The van der Waals surface area contributed by atoms with Crippen LogP contribution in [-0.4, -0.2) is 8.07 Å². The van der Waals surface area contributed by atoms with Crippen LogP contribution in [0, 0.1) is 0 Å². The van der Waals surface area contributed by atoms with Gasteiger partial charge in [-0.05, 0) is 10.4 Å². The van der Waals surface area contributed by atoms with Gasteiger partial charge in [-0.15, -0.1) is 13.2 Å². The average Bonchev–Trinajstić information content (AvgIpc) is 2.56. The molecule has 132 valence electrons. The Kier molecular flexibility index (Phi) is 4.99. The van der Waals surface area contributed by atoms with E-state index in [-0.39, 0.29) is 0 Å². The van der Waals surface area contributed by atoms with Gasteiger partial charge in [0.2, 0.25) is 0 Å². The average molecular weight is 372 g/mol. The van der Waals surface area contributed by atoms with Gasteiger partial charge in [-0.2, -0.15) is 26.3 Å². The molecule has 25 heavy (non-hydrogen) atoms. The van der Waals surface area contributed by atoms with Crippen molar-refractivity contribution < 1.29 is 26.3 Å². The summed E-state index contributed by atoms with van der Waals surface area (Å²) in [6.45, 7) is 7.49. The molecular weight excluding hydrogens is 358 g/mol. The highest BCUT2D eigenvalue weighted by atomic mass is 28.3. The number of alkyl halides is 6. The predicted molar refractivity (Wildman–Crippen MR) is 88.3 cm³/mol. The van der Waals surface area contributed by atoms with E-state index in [0.717, 1.165) is 24.3 Å². The van der Waals surface area contributed by atoms with Crippen molar-refractivity contribution >= 4 is 18.4 Å². The van der Waals surface area contributed by atoms with Crippen LogP contribution in [-0.2, 0) is 12.4 Å². The highest BCUT2D eigenvalue weighted by Crippen LogP contribution is 2.30. The summed E-state index contributed by atoms with van der Waals surface area (Å²) in [5.41, 5.74) is 1.57. The standard InChI is InChI=1S/C18H14F6Si/c1-3-25(4-2,15-9-5-13(6-10-15)17(19,20)21)16-11-7-14(8-12-16)18(22,23)24/h3-12H,1-2H2. The number of hydrogen-bond acceptors (Lipinski definition) is 0. The predicted octanol–water partition coefficient (Wildman–Crippen LogP) is 4.74. The van der Waals surface area contributed by atoms with Crippen LogP contribution < -0.4 is 10.4 Å². The summed E-state index contributed by atoms with van der Waals surface area (Å²) in [7, 11) is -2.87. The van der Waals surface area contributed by atoms with Gasteiger partial charge in [0.1, 0.15) is 0 Å². The summed E-state index contributed by atoms with van der Waals surface area (Å²) in [4.78, 5) is 0. The van der Waals surface area contributed by atoms with E-state index in [1.165, 1.54) is 24.3 Å². The van der Waals surface area contributed by atoms with Gasteiger partial charge < -0.3 is 0 Å². The third-order valence-electron chi connectivity index (χ3n) is 4.02. The van der Waals surface area contributed by atoms with Crippen molar-refractivity contribution in [1.82, 2.24) is 0 Å². The van der Waals surface area contributed by atoms with Crippen LogP contribution in [0.15, 0.2) is 73.1 Å². The van der Waals surface area contributed by atoms with Crippen molar-refractivity contribution in [3.05, 3.63) is 84.2 Å². The van der Waals surface area contributed by atoms with E-state index in [2.05, 4.69) is 13.2 Å². The van der Waals surface area contributed by atoms with Crippen LogP contribution in [0.2, 0.25) is 0 Å². The van der Waals surface area contributed by atoms with E-state index in [4.69, 9.17) is 0 Å². The molecule has 2 aromatic carbocycles. The smallest absolute Gasteiger partial charge is 0.166 e. The third kappa shape index (κ3) is 3.71. The maximum absolute atomic E-state index is 12.7. The van der Waals surface area contributed by atoms with Gasteiger partial charge in [-0.3, -0.25) is 0 Å². The number of benzene rings is 2. The normalized spacial score (nSPS) is 12.7. The summed E-state index contributed by atoms with van der Waals surface area (Å²) < 4.78 is 76.3. The molecule has 0 nitrogen and oxygen atoms in total. The molecule has 0 atom stereocenters. The molecule has 0 unspecified atom stereocenters. The molecule has 0 saturated heterocycles. The zero-order chi connectivity index (χ0) is 18.9. The third-order valence-corrected chi connectivity index (χ3v) is 7.89. The number of hydrogen-bond donors (Lipinski definition) is 0. The van der Waals surface area contributed by atoms with E-state index in [1.807, 2.05) is 0 Å². The maximum atomic E-state index is 12.7. The van der Waals surface area contributed by atoms with Crippen LogP contribution in [0.25, 0.3) is 0 Å². The van der Waals surface area contributed by atoms with Crippen molar-refractivity contribution in [3.63, 3.8) is 0 Å². The zero-order valence-electron chi connectivity index (χ0n) is 13.0. The van der Waals surface area contributed by atoms with Gasteiger partial charge in [-0.25, -0.2) is 0 Å². The minimum atomic E-state index is -4.46. The first kappa shape index (κ1) is 19.0. The van der Waals surface area contributed by atoms with E-state index >= 15 is 0 Å². The quantitative estimate of drug-likeness (QED) is 0.537. The largest absolute Gasteiger partial charge is 0.416 e. The molecule has 0 N–H and O–H groups in total. The van der Waals surface area contributed by atoms with Crippen LogP contribution >= 0.6 is 0 Å². The Bertz CT molecular complexity index is 687. The Labute approximate surface area is 142 Å². The molecule has 7 heteroatoms. The van der Waals surface area contributed by atoms with Crippen molar-refractivity contribution in [2.45, 2.75) is 12.4 Å². The molecule has 0 aliphatic carbocycles. The lowest BCUT2D eigenvalue weighted by Gasteiger charge is -2.26. The zero-order valence-corrected chi connectivity index (χ0v) is 14.0. The van der Waals surface area contributed by atoms with Crippen molar-refractivity contribution in [2.75, 3.05) is 0 Å². The Morgan fingerprint density at radius 3 is 1.08 bits per heavy atom. The highest BCUT2D eigenvalue weighted by molar-refractivity contribution is 7.09. The molecule has 0 aliphatic rings. The lowest BCUT2D eigenvalue weighted by atomic mass is 10.2. The van der Waals surface area contributed by atoms with E-state index in [1.54, 1.807) is 11.4 Å². The van der Waals surface area contributed by atoms with Gasteiger partial charge in [-0.1, -0.05) is 59.9 Å². The lowest BCUT2D eigenvalue weighted by molar-refractivity contribution is -0.138. The Balaban J connectivity index is 2.52. The fourth-order valence-corrected chi connectivity index (χ4v) is 5.47. The summed E-state index contributed by atoms with van der Waals surface area (Å²) in [6.07, 6.45) is -8.92. The SMILES string of the molecule is C=C[Si](C=C)(c1ccc(C(F)(F)F)cc1)c1ccc(C(F)(F)F)cc1. The Hall–Kier alpha value is -2.28.